The highest BCUT2D eigenvalue weighted by Gasteiger charge is 2.49. The molecule has 2 saturated carbocycles. The molecule has 0 aromatic carbocycles. The molecule has 3 rings (SSSR count). The molecule has 0 radical (unpaired) electrons. The van der Waals surface area contributed by atoms with Gasteiger partial charge in [-0.25, -0.2) is 9.89 Å². The number of nitrogens with one attached hydrogen (secondary N) is 1. The van der Waals surface area contributed by atoms with Gasteiger partial charge in [0.15, 0.2) is 5.16 Å². The van der Waals surface area contributed by atoms with Gasteiger partial charge >= 0.3 is 11.7 Å². The number of ether oxygens (including phenoxy) is 1. The molecule has 0 bridgehead atoms. The standard InChI is InChI=1S/C13H20N4O3S/c1-2-20-10(18)13(14,8-3-4-8)7-21-12-16-15-11(19)17(12)9-5-6-9/h8-9H,2-7,14H2,1H3,(H,15,19). The second-order valence-electron chi connectivity index (χ2n) is 5.74. The molecule has 7 nitrogen and oxygen atoms in total. The van der Waals surface area contributed by atoms with Gasteiger partial charge in [-0.1, -0.05) is 11.8 Å². The van der Waals surface area contributed by atoms with Crippen molar-refractivity contribution in [2.45, 2.75) is 49.3 Å². The molecule has 1 aromatic rings. The molecule has 8 heteroatoms. The smallest absolute Gasteiger partial charge is 0.344 e. The molecule has 0 amide bonds. The highest BCUT2D eigenvalue weighted by Crippen LogP contribution is 2.42. The number of nitrogens with two attached hydrogens (primary N) is 1. The van der Waals surface area contributed by atoms with Gasteiger partial charge in [-0.15, -0.1) is 5.10 Å². The fourth-order valence-electron chi connectivity index (χ4n) is 2.44. The van der Waals surface area contributed by atoms with E-state index in [2.05, 4.69) is 10.2 Å². The number of thioether (sulfide) groups is 1. The van der Waals surface area contributed by atoms with Crippen molar-refractivity contribution in [1.29, 1.82) is 0 Å². The van der Waals surface area contributed by atoms with Crippen LogP contribution in [0.15, 0.2) is 9.95 Å². The first-order valence-corrected chi connectivity index (χ1v) is 8.30. The molecule has 2 fully saturated rings. The minimum Gasteiger partial charge on any atom is -0.465 e. The number of carbonyl (C=O) groups is 1. The molecule has 1 heterocycles. The number of esters is 1. The van der Waals surface area contributed by atoms with Crippen molar-refractivity contribution in [3.8, 4) is 0 Å². The van der Waals surface area contributed by atoms with Gasteiger partial charge in [0.25, 0.3) is 0 Å². The van der Waals surface area contributed by atoms with Gasteiger partial charge in [-0.2, -0.15) is 0 Å². The molecule has 2 aliphatic carbocycles. The van der Waals surface area contributed by atoms with E-state index >= 15 is 0 Å². The number of aromatic nitrogens is 3. The van der Waals surface area contributed by atoms with E-state index in [4.69, 9.17) is 10.5 Å². The summed E-state index contributed by atoms with van der Waals surface area (Å²) in [4.78, 5) is 23.9. The Morgan fingerprint density at radius 2 is 2.24 bits per heavy atom. The SMILES string of the molecule is CCOC(=O)C(N)(CSc1n[nH]c(=O)n1C1CC1)C1CC1. The molecule has 1 atom stereocenters. The van der Waals surface area contributed by atoms with E-state index in [1.165, 1.54) is 11.8 Å². The van der Waals surface area contributed by atoms with Crippen LogP contribution in [0.4, 0.5) is 0 Å². The van der Waals surface area contributed by atoms with Gasteiger partial charge in [0.05, 0.1) is 6.61 Å². The highest BCUT2D eigenvalue weighted by atomic mass is 32.2. The lowest BCUT2D eigenvalue weighted by molar-refractivity contribution is -0.149. The van der Waals surface area contributed by atoms with Gasteiger partial charge in [0, 0.05) is 11.8 Å². The normalized spacial score (nSPS) is 21.0. The molecule has 3 N–H and O–H groups in total. The van der Waals surface area contributed by atoms with E-state index in [1.807, 2.05) is 0 Å². The third-order valence-corrected chi connectivity index (χ3v) is 5.15. The minimum absolute atomic E-state index is 0.170. The Hall–Kier alpha value is -1.28. The maximum Gasteiger partial charge on any atom is 0.344 e. The van der Waals surface area contributed by atoms with Crippen LogP contribution >= 0.6 is 11.8 Å². The Kier molecular flexibility index (Phi) is 3.83. The minimum atomic E-state index is -0.982. The quantitative estimate of drug-likeness (QED) is 0.566. The Morgan fingerprint density at radius 3 is 2.81 bits per heavy atom. The zero-order valence-corrected chi connectivity index (χ0v) is 12.8. The summed E-state index contributed by atoms with van der Waals surface area (Å²) in [6.45, 7) is 2.10. The maximum atomic E-state index is 12.1. The molecule has 1 aromatic heterocycles. The predicted molar refractivity (Wildman–Crippen MR) is 78.1 cm³/mol. The second-order valence-corrected chi connectivity index (χ2v) is 6.68. The van der Waals surface area contributed by atoms with Crippen LogP contribution < -0.4 is 11.4 Å². The summed E-state index contributed by atoms with van der Waals surface area (Å²) in [6, 6.07) is 0.245. The number of hydrogen-bond donors (Lipinski definition) is 2. The van der Waals surface area contributed by atoms with E-state index in [9.17, 15) is 9.59 Å². The van der Waals surface area contributed by atoms with Gasteiger partial charge in [-0.05, 0) is 38.5 Å². The molecule has 2 aliphatic rings. The Morgan fingerprint density at radius 1 is 1.52 bits per heavy atom. The average Bonchev–Trinajstić information content (AvgIpc) is 3.35. The molecule has 1 unspecified atom stereocenters. The molecule has 0 saturated heterocycles. The molecule has 21 heavy (non-hydrogen) atoms. The van der Waals surface area contributed by atoms with E-state index in [1.54, 1.807) is 11.5 Å². The number of hydrogen-bond acceptors (Lipinski definition) is 6. The predicted octanol–water partition coefficient (Wildman–Crippen LogP) is 0.669. The first-order valence-electron chi connectivity index (χ1n) is 7.32. The summed E-state index contributed by atoms with van der Waals surface area (Å²) >= 11 is 1.36. The Balaban J connectivity index is 1.73. The number of H-pyrrole nitrogens is 1. The van der Waals surface area contributed by atoms with Crippen molar-refractivity contribution in [3.63, 3.8) is 0 Å². The lowest BCUT2D eigenvalue weighted by atomic mass is 9.97. The molecule has 116 valence electrons. The van der Waals surface area contributed by atoms with Crippen LogP contribution in [0, 0.1) is 5.92 Å². The third-order valence-electron chi connectivity index (χ3n) is 3.99. The lowest BCUT2D eigenvalue weighted by Crippen LogP contribution is -2.53. The van der Waals surface area contributed by atoms with Gasteiger partial charge in [-0.3, -0.25) is 9.36 Å². The lowest BCUT2D eigenvalue weighted by Gasteiger charge is -2.26. The first kappa shape index (κ1) is 14.6. The summed E-state index contributed by atoms with van der Waals surface area (Å²) in [5, 5.41) is 7.13. The van der Waals surface area contributed by atoms with Crippen LogP contribution in [-0.4, -0.2) is 38.6 Å². The number of carbonyl (C=O) groups excluding carboxylic acids is 1. The zero-order chi connectivity index (χ0) is 15.0. The van der Waals surface area contributed by atoms with Crippen LogP contribution in [0.25, 0.3) is 0 Å². The molecule has 0 spiro atoms. The van der Waals surface area contributed by atoms with Crippen molar-refractivity contribution in [3.05, 3.63) is 10.5 Å². The topological polar surface area (TPSA) is 103 Å². The van der Waals surface area contributed by atoms with Crippen molar-refractivity contribution in [2.75, 3.05) is 12.4 Å². The van der Waals surface area contributed by atoms with Crippen molar-refractivity contribution < 1.29 is 9.53 Å². The third kappa shape index (κ3) is 2.87. The molecule has 0 aliphatic heterocycles. The summed E-state index contributed by atoms with van der Waals surface area (Å²) in [5.74, 6) is 0.202. The second kappa shape index (κ2) is 5.49. The highest BCUT2D eigenvalue weighted by molar-refractivity contribution is 7.99. The number of nitrogens with zero attached hydrogens (tertiary/aromatic N) is 2. The van der Waals surface area contributed by atoms with Crippen molar-refractivity contribution in [1.82, 2.24) is 14.8 Å². The van der Waals surface area contributed by atoms with Crippen LogP contribution in [0.3, 0.4) is 0 Å². The zero-order valence-electron chi connectivity index (χ0n) is 12.0. The monoisotopic (exact) mass is 312 g/mol. The van der Waals surface area contributed by atoms with Crippen LogP contribution in [0.2, 0.25) is 0 Å². The van der Waals surface area contributed by atoms with E-state index in [0.29, 0.717) is 17.5 Å². The van der Waals surface area contributed by atoms with Crippen LogP contribution in [0.5, 0.6) is 0 Å². The average molecular weight is 312 g/mol. The van der Waals surface area contributed by atoms with E-state index in [0.717, 1.165) is 25.7 Å². The van der Waals surface area contributed by atoms with E-state index < -0.39 is 5.54 Å². The van der Waals surface area contributed by atoms with Crippen molar-refractivity contribution in [2.24, 2.45) is 11.7 Å². The number of aromatic amines is 1. The number of rotatable bonds is 7. The summed E-state index contributed by atoms with van der Waals surface area (Å²) in [7, 11) is 0. The largest absolute Gasteiger partial charge is 0.465 e. The van der Waals surface area contributed by atoms with Gasteiger partial charge in [0.1, 0.15) is 5.54 Å². The Labute approximate surface area is 126 Å². The van der Waals surface area contributed by atoms with Gasteiger partial charge in [0.2, 0.25) is 0 Å². The fraction of sp³-hybridized carbons (Fsp3) is 0.769. The first-order chi connectivity index (χ1) is 10.1. The maximum absolute atomic E-state index is 12.1. The fourth-order valence-corrected chi connectivity index (χ4v) is 3.64. The van der Waals surface area contributed by atoms with Gasteiger partial charge < -0.3 is 10.5 Å². The molecular weight excluding hydrogens is 292 g/mol. The molecular formula is C13H20N4O3S. The van der Waals surface area contributed by atoms with Crippen LogP contribution in [-0.2, 0) is 9.53 Å². The summed E-state index contributed by atoms with van der Waals surface area (Å²) in [6.07, 6.45) is 3.90. The summed E-state index contributed by atoms with van der Waals surface area (Å²) < 4.78 is 6.79. The van der Waals surface area contributed by atoms with Crippen molar-refractivity contribution >= 4 is 17.7 Å². The summed E-state index contributed by atoms with van der Waals surface area (Å²) in [5.41, 5.74) is 5.14. The Bertz CT molecular complexity index is 590. The van der Waals surface area contributed by atoms with Crippen LogP contribution in [0.1, 0.15) is 38.6 Å². The van der Waals surface area contributed by atoms with E-state index in [-0.39, 0.29) is 23.6 Å².